The highest BCUT2D eigenvalue weighted by Crippen LogP contribution is 2.43. The molecular weight excluding hydrogens is 395 g/mol. The predicted molar refractivity (Wildman–Crippen MR) is 111 cm³/mol. The minimum absolute atomic E-state index is 0. The van der Waals surface area contributed by atoms with Crippen LogP contribution in [0, 0.1) is 17.7 Å². The second-order valence-electron chi connectivity index (χ2n) is 7.49. The first kappa shape index (κ1) is 21.4. The molecule has 2 aromatic rings. The zero-order valence-corrected chi connectivity index (χ0v) is 17.4. The molecule has 156 valence electrons. The van der Waals surface area contributed by atoms with Gasteiger partial charge < -0.3 is 19.7 Å². The lowest BCUT2D eigenvalue weighted by Crippen LogP contribution is -2.35. The smallest absolute Gasteiger partial charge is 0.227 e. The molecule has 0 aliphatic carbocycles. The Morgan fingerprint density at radius 3 is 2.66 bits per heavy atom. The maximum atomic E-state index is 13.8. The van der Waals surface area contributed by atoms with E-state index in [2.05, 4.69) is 5.32 Å². The van der Waals surface area contributed by atoms with Crippen LogP contribution >= 0.6 is 12.4 Å². The number of fused-ring (bicyclic) bond motifs is 1. The van der Waals surface area contributed by atoms with E-state index in [4.69, 9.17) is 9.47 Å². The van der Waals surface area contributed by atoms with Crippen molar-refractivity contribution < 1.29 is 18.7 Å². The topological polar surface area (TPSA) is 50.8 Å². The van der Waals surface area contributed by atoms with E-state index >= 15 is 0 Å². The fourth-order valence-corrected chi connectivity index (χ4v) is 4.56. The Morgan fingerprint density at radius 1 is 1.14 bits per heavy atom. The number of nitrogens with one attached hydrogen (secondary N) is 1. The number of likely N-dealkylation sites (tertiary alicyclic amines) is 1. The first-order valence-corrected chi connectivity index (χ1v) is 9.57. The van der Waals surface area contributed by atoms with Crippen LogP contribution in [0.5, 0.6) is 11.5 Å². The summed E-state index contributed by atoms with van der Waals surface area (Å²) in [4.78, 5) is 15.1. The molecule has 2 aliphatic heterocycles. The van der Waals surface area contributed by atoms with Crippen molar-refractivity contribution in [2.24, 2.45) is 11.8 Å². The average Bonchev–Trinajstić information content (AvgIpc) is 3.29. The molecule has 2 aliphatic rings. The standard InChI is InChI=1S/C22H25FN2O3.ClH/c1-27-19-7-6-14(8-20(19)28-2)9-21(26)25-13-16-11-24-12-18(16)22(25)15-4-3-5-17(23)10-15;/h3-8,10,16,18,22,24H,9,11-13H2,1-2H3;1H/t16-,18-,22+;/m0./s1. The largest absolute Gasteiger partial charge is 0.493 e. The van der Waals surface area contributed by atoms with E-state index in [9.17, 15) is 9.18 Å². The van der Waals surface area contributed by atoms with Crippen LogP contribution in [-0.4, -0.2) is 44.7 Å². The number of hydrogen-bond acceptors (Lipinski definition) is 4. The van der Waals surface area contributed by atoms with Gasteiger partial charge in [0, 0.05) is 25.6 Å². The van der Waals surface area contributed by atoms with Crippen LogP contribution in [0.25, 0.3) is 0 Å². The van der Waals surface area contributed by atoms with Crippen LogP contribution in [0.15, 0.2) is 42.5 Å². The maximum Gasteiger partial charge on any atom is 0.227 e. The van der Waals surface area contributed by atoms with Crippen LogP contribution in [0.3, 0.4) is 0 Å². The Balaban J connectivity index is 0.00000240. The van der Waals surface area contributed by atoms with Crippen LogP contribution in [-0.2, 0) is 11.2 Å². The van der Waals surface area contributed by atoms with E-state index < -0.39 is 0 Å². The summed E-state index contributed by atoms with van der Waals surface area (Å²) in [5, 5.41) is 3.41. The van der Waals surface area contributed by atoms with Gasteiger partial charge in [0.15, 0.2) is 11.5 Å². The van der Waals surface area contributed by atoms with Gasteiger partial charge in [0.2, 0.25) is 5.91 Å². The van der Waals surface area contributed by atoms with Crippen LogP contribution in [0.2, 0.25) is 0 Å². The molecule has 0 bridgehead atoms. The molecule has 2 saturated heterocycles. The lowest BCUT2D eigenvalue weighted by atomic mass is 9.89. The Morgan fingerprint density at radius 2 is 1.93 bits per heavy atom. The zero-order chi connectivity index (χ0) is 19.7. The van der Waals surface area contributed by atoms with Crippen molar-refractivity contribution in [1.82, 2.24) is 10.2 Å². The Hall–Kier alpha value is -2.31. The number of ether oxygens (including phenoxy) is 2. The van der Waals surface area contributed by atoms with Crippen molar-refractivity contribution in [3.05, 3.63) is 59.4 Å². The number of methoxy groups -OCH3 is 2. The minimum Gasteiger partial charge on any atom is -0.493 e. The Kier molecular flexibility index (Phi) is 6.65. The molecule has 0 spiro atoms. The number of halogens is 2. The summed E-state index contributed by atoms with van der Waals surface area (Å²) in [5.41, 5.74) is 1.74. The Bertz CT molecular complexity index is 879. The molecule has 3 atom stereocenters. The fraction of sp³-hybridized carbons (Fsp3) is 0.409. The van der Waals surface area contributed by atoms with Crippen molar-refractivity contribution in [3.63, 3.8) is 0 Å². The summed E-state index contributed by atoms with van der Waals surface area (Å²) in [6.07, 6.45) is 0.277. The molecule has 29 heavy (non-hydrogen) atoms. The van der Waals surface area contributed by atoms with Gasteiger partial charge in [-0.15, -0.1) is 12.4 Å². The molecule has 5 nitrogen and oxygen atoms in total. The SMILES string of the molecule is COc1ccc(CC(=O)N2C[C@@H]3CNC[C@@H]3[C@H]2c2cccc(F)c2)cc1OC.Cl. The van der Waals surface area contributed by atoms with Gasteiger partial charge in [0.1, 0.15) is 5.82 Å². The molecule has 2 fully saturated rings. The highest BCUT2D eigenvalue weighted by Gasteiger charge is 2.46. The predicted octanol–water partition coefficient (Wildman–Crippen LogP) is 3.23. The van der Waals surface area contributed by atoms with Gasteiger partial charge in [-0.2, -0.15) is 0 Å². The van der Waals surface area contributed by atoms with E-state index in [1.54, 1.807) is 26.4 Å². The van der Waals surface area contributed by atoms with Gasteiger partial charge in [-0.25, -0.2) is 4.39 Å². The quantitative estimate of drug-likeness (QED) is 0.806. The van der Waals surface area contributed by atoms with E-state index in [0.717, 1.165) is 24.2 Å². The molecule has 0 saturated carbocycles. The first-order valence-electron chi connectivity index (χ1n) is 9.57. The third-order valence-electron chi connectivity index (χ3n) is 5.88. The molecular formula is C22H26ClFN2O3. The van der Waals surface area contributed by atoms with Crippen LogP contribution < -0.4 is 14.8 Å². The number of nitrogens with zero attached hydrogens (tertiary/aromatic N) is 1. The molecule has 0 unspecified atom stereocenters. The zero-order valence-electron chi connectivity index (χ0n) is 16.6. The lowest BCUT2D eigenvalue weighted by Gasteiger charge is -2.28. The highest BCUT2D eigenvalue weighted by molar-refractivity contribution is 5.85. The Labute approximate surface area is 176 Å². The average molecular weight is 421 g/mol. The van der Waals surface area contributed by atoms with Gasteiger partial charge in [-0.05, 0) is 41.3 Å². The van der Waals surface area contributed by atoms with E-state index in [-0.39, 0.29) is 36.6 Å². The molecule has 0 radical (unpaired) electrons. The summed E-state index contributed by atoms with van der Waals surface area (Å²) >= 11 is 0. The van der Waals surface area contributed by atoms with E-state index in [1.807, 2.05) is 29.2 Å². The van der Waals surface area contributed by atoms with Crippen LogP contribution in [0.4, 0.5) is 4.39 Å². The highest BCUT2D eigenvalue weighted by atomic mass is 35.5. The molecule has 2 heterocycles. The van der Waals surface area contributed by atoms with Crippen molar-refractivity contribution in [2.45, 2.75) is 12.5 Å². The summed E-state index contributed by atoms with van der Waals surface area (Å²) in [6, 6.07) is 12.1. The fourth-order valence-electron chi connectivity index (χ4n) is 4.56. The molecule has 1 amide bonds. The molecule has 1 N–H and O–H groups in total. The van der Waals surface area contributed by atoms with Crippen LogP contribution in [0.1, 0.15) is 17.2 Å². The number of benzene rings is 2. The normalized spacial score (nSPS) is 22.7. The van der Waals surface area contributed by atoms with Crippen molar-refractivity contribution >= 4 is 18.3 Å². The number of rotatable bonds is 5. The first-order chi connectivity index (χ1) is 13.6. The number of carbonyl (C=O) groups excluding carboxylic acids is 1. The second-order valence-corrected chi connectivity index (χ2v) is 7.49. The lowest BCUT2D eigenvalue weighted by molar-refractivity contribution is -0.131. The van der Waals surface area contributed by atoms with Gasteiger partial charge in [0.25, 0.3) is 0 Å². The van der Waals surface area contributed by atoms with Gasteiger partial charge in [-0.3, -0.25) is 4.79 Å². The molecule has 0 aromatic heterocycles. The third kappa shape index (κ3) is 4.19. The van der Waals surface area contributed by atoms with Gasteiger partial charge in [0.05, 0.1) is 26.7 Å². The van der Waals surface area contributed by atoms with Crippen molar-refractivity contribution in [3.8, 4) is 11.5 Å². The number of amides is 1. The molecule has 4 rings (SSSR count). The van der Waals surface area contributed by atoms with Gasteiger partial charge in [-0.1, -0.05) is 18.2 Å². The third-order valence-corrected chi connectivity index (χ3v) is 5.88. The molecule has 7 heteroatoms. The van der Waals surface area contributed by atoms with Crippen molar-refractivity contribution in [1.29, 1.82) is 0 Å². The maximum absolute atomic E-state index is 13.8. The summed E-state index contributed by atoms with van der Waals surface area (Å²) in [5.74, 6) is 1.75. The summed E-state index contributed by atoms with van der Waals surface area (Å²) < 4.78 is 24.5. The summed E-state index contributed by atoms with van der Waals surface area (Å²) in [6.45, 7) is 2.45. The van der Waals surface area contributed by atoms with Gasteiger partial charge >= 0.3 is 0 Å². The van der Waals surface area contributed by atoms with Crippen molar-refractivity contribution in [2.75, 3.05) is 33.9 Å². The second kappa shape index (κ2) is 9.01. The molecule has 2 aromatic carbocycles. The number of carbonyl (C=O) groups is 1. The van der Waals surface area contributed by atoms with E-state index in [0.29, 0.717) is 29.9 Å². The minimum atomic E-state index is -0.265. The summed E-state index contributed by atoms with van der Waals surface area (Å²) in [7, 11) is 3.17. The van der Waals surface area contributed by atoms with E-state index in [1.165, 1.54) is 6.07 Å². The monoisotopic (exact) mass is 420 g/mol. The number of hydrogen-bond donors (Lipinski definition) is 1.